The fourth-order valence-electron chi connectivity index (χ4n) is 0.746. The largest absolute Gasteiger partial charge is 0.469 e. The molecule has 0 unspecified atom stereocenters. The summed E-state index contributed by atoms with van der Waals surface area (Å²) in [5.74, 6) is 0.165. The first kappa shape index (κ1) is 7.81. The second kappa shape index (κ2) is 3.21. The van der Waals surface area contributed by atoms with Crippen LogP contribution in [0.5, 0.6) is 0 Å². The molecule has 0 saturated heterocycles. The third-order valence-electron chi connectivity index (χ3n) is 1.37. The quantitative estimate of drug-likeness (QED) is 0.623. The summed E-state index contributed by atoms with van der Waals surface area (Å²) in [6.07, 6.45) is 1.89. The number of rotatable bonds is 3. The average Bonchev–Trinajstić information content (AvgIpc) is 2.39. The molecule has 0 aromatic carbocycles. The predicted molar refractivity (Wildman–Crippen MR) is 39.6 cm³/mol. The molecule has 1 amide bonds. The number of amides is 1. The fraction of sp³-hybridized carbons (Fsp3) is 0.286. The van der Waals surface area contributed by atoms with Crippen LogP contribution in [-0.4, -0.2) is 11.9 Å². The van der Waals surface area contributed by atoms with E-state index in [9.17, 15) is 4.79 Å². The zero-order valence-corrected chi connectivity index (χ0v) is 5.99. The number of hydrogen-bond acceptors (Lipinski definition) is 3. The topological polar surface area (TPSA) is 82.2 Å². The highest BCUT2D eigenvalue weighted by Gasteiger charge is 2.10. The van der Waals surface area contributed by atoms with Crippen LogP contribution in [0, 0.1) is 0 Å². The summed E-state index contributed by atoms with van der Waals surface area (Å²) in [6, 6.07) is 2.84. The highest BCUT2D eigenvalue weighted by Crippen LogP contribution is 2.02. The monoisotopic (exact) mass is 154 g/mol. The molecule has 0 spiro atoms. The summed E-state index contributed by atoms with van der Waals surface area (Å²) in [7, 11) is 0. The maximum absolute atomic E-state index is 10.5. The minimum atomic E-state index is -0.652. The van der Waals surface area contributed by atoms with Crippen LogP contribution >= 0.6 is 0 Å². The molecule has 0 aliphatic heterocycles. The minimum absolute atomic E-state index is 0.363. The summed E-state index contributed by atoms with van der Waals surface area (Å²) >= 11 is 0. The van der Waals surface area contributed by atoms with Crippen molar-refractivity contribution < 1.29 is 9.21 Å². The molecule has 0 aliphatic carbocycles. The highest BCUT2D eigenvalue weighted by molar-refractivity contribution is 5.79. The van der Waals surface area contributed by atoms with E-state index < -0.39 is 11.9 Å². The first-order chi connectivity index (χ1) is 5.20. The molecule has 0 bridgehead atoms. The van der Waals surface area contributed by atoms with Gasteiger partial charge >= 0.3 is 0 Å². The molecule has 0 aliphatic rings. The van der Waals surface area contributed by atoms with E-state index in [0.29, 0.717) is 12.2 Å². The number of primary amides is 1. The van der Waals surface area contributed by atoms with Crippen molar-refractivity contribution in [3.8, 4) is 0 Å². The van der Waals surface area contributed by atoms with Gasteiger partial charge in [0.2, 0.25) is 5.91 Å². The molecule has 4 N–H and O–H groups in total. The third kappa shape index (κ3) is 2.09. The molecule has 1 aromatic heterocycles. The van der Waals surface area contributed by atoms with Crippen LogP contribution in [0.15, 0.2) is 22.8 Å². The van der Waals surface area contributed by atoms with Crippen LogP contribution in [0.4, 0.5) is 0 Å². The summed E-state index contributed by atoms with van der Waals surface area (Å²) in [6.45, 7) is 0. The molecule has 4 nitrogen and oxygen atoms in total. The molecular weight excluding hydrogens is 144 g/mol. The van der Waals surface area contributed by atoms with E-state index in [2.05, 4.69) is 0 Å². The number of carbonyl (C=O) groups is 1. The maximum atomic E-state index is 10.5. The van der Waals surface area contributed by atoms with Crippen LogP contribution in [0.1, 0.15) is 5.76 Å². The van der Waals surface area contributed by atoms with Gasteiger partial charge in [-0.25, -0.2) is 0 Å². The van der Waals surface area contributed by atoms with Crippen molar-refractivity contribution in [1.82, 2.24) is 0 Å². The van der Waals surface area contributed by atoms with Gasteiger partial charge in [0.05, 0.1) is 12.3 Å². The summed E-state index contributed by atoms with van der Waals surface area (Å²) in [5, 5.41) is 0. The third-order valence-corrected chi connectivity index (χ3v) is 1.37. The van der Waals surface area contributed by atoms with Gasteiger partial charge in [0.1, 0.15) is 5.76 Å². The molecule has 1 rings (SSSR count). The predicted octanol–water partition coefficient (Wildman–Crippen LogP) is -0.365. The molecule has 4 heteroatoms. The Balaban J connectivity index is 2.50. The lowest BCUT2D eigenvalue weighted by Gasteiger charge is -2.02. The van der Waals surface area contributed by atoms with Gasteiger partial charge in [-0.05, 0) is 12.1 Å². The van der Waals surface area contributed by atoms with Crippen LogP contribution < -0.4 is 11.5 Å². The van der Waals surface area contributed by atoms with E-state index in [1.807, 2.05) is 0 Å². The Morgan fingerprint density at radius 3 is 2.91 bits per heavy atom. The minimum Gasteiger partial charge on any atom is -0.469 e. The molecule has 1 heterocycles. The van der Waals surface area contributed by atoms with Crippen molar-refractivity contribution in [3.63, 3.8) is 0 Å². The van der Waals surface area contributed by atoms with Crippen LogP contribution in [0.3, 0.4) is 0 Å². The van der Waals surface area contributed by atoms with Crippen molar-refractivity contribution >= 4 is 5.91 Å². The lowest BCUT2D eigenvalue weighted by molar-refractivity contribution is -0.119. The summed E-state index contributed by atoms with van der Waals surface area (Å²) in [4.78, 5) is 10.5. The number of nitrogens with two attached hydrogens (primary N) is 2. The number of hydrogen-bond donors (Lipinski definition) is 2. The Bertz CT molecular complexity index is 231. The van der Waals surface area contributed by atoms with Crippen molar-refractivity contribution in [2.75, 3.05) is 0 Å². The van der Waals surface area contributed by atoms with E-state index in [0.717, 1.165) is 0 Å². The van der Waals surface area contributed by atoms with Crippen LogP contribution in [0.25, 0.3) is 0 Å². The summed E-state index contributed by atoms with van der Waals surface area (Å²) in [5.41, 5.74) is 10.3. The smallest absolute Gasteiger partial charge is 0.234 e. The van der Waals surface area contributed by atoms with Gasteiger partial charge in [-0.2, -0.15) is 0 Å². The second-order valence-electron chi connectivity index (χ2n) is 2.29. The lowest BCUT2D eigenvalue weighted by Crippen LogP contribution is -2.37. The van der Waals surface area contributed by atoms with Gasteiger partial charge in [0.15, 0.2) is 0 Å². The Kier molecular flexibility index (Phi) is 2.28. The molecule has 0 radical (unpaired) electrons. The Labute approximate surface area is 64.2 Å². The second-order valence-corrected chi connectivity index (χ2v) is 2.29. The van der Waals surface area contributed by atoms with Gasteiger partial charge in [-0.15, -0.1) is 0 Å². The molecule has 1 aromatic rings. The van der Waals surface area contributed by atoms with Crippen molar-refractivity contribution in [2.45, 2.75) is 12.5 Å². The van der Waals surface area contributed by atoms with E-state index in [4.69, 9.17) is 15.9 Å². The Morgan fingerprint density at radius 2 is 2.45 bits per heavy atom. The standard InChI is InChI=1S/C7H10N2O2/c8-6(7(9)10)4-5-2-1-3-11-5/h1-3,6H,4,8H2,(H2,9,10)/t6-/m0/s1. The first-order valence-corrected chi connectivity index (χ1v) is 3.27. The van der Waals surface area contributed by atoms with Crippen LogP contribution in [0.2, 0.25) is 0 Å². The van der Waals surface area contributed by atoms with Crippen LogP contribution in [-0.2, 0) is 11.2 Å². The summed E-state index contributed by atoms with van der Waals surface area (Å²) < 4.78 is 4.97. The van der Waals surface area contributed by atoms with Gasteiger partial charge < -0.3 is 15.9 Å². The Hall–Kier alpha value is -1.29. The van der Waals surface area contributed by atoms with E-state index in [-0.39, 0.29) is 0 Å². The zero-order chi connectivity index (χ0) is 8.27. The van der Waals surface area contributed by atoms with E-state index in [1.165, 1.54) is 6.26 Å². The Morgan fingerprint density at radius 1 is 1.73 bits per heavy atom. The molecular formula is C7H10N2O2. The molecule has 60 valence electrons. The lowest BCUT2D eigenvalue weighted by atomic mass is 10.2. The van der Waals surface area contributed by atoms with Crippen molar-refractivity contribution in [1.29, 1.82) is 0 Å². The molecule has 1 atom stereocenters. The van der Waals surface area contributed by atoms with Gasteiger partial charge in [0, 0.05) is 6.42 Å². The zero-order valence-electron chi connectivity index (χ0n) is 5.99. The molecule has 0 saturated carbocycles. The van der Waals surface area contributed by atoms with Gasteiger partial charge in [0.25, 0.3) is 0 Å². The normalized spacial score (nSPS) is 12.8. The maximum Gasteiger partial charge on any atom is 0.234 e. The van der Waals surface area contributed by atoms with Gasteiger partial charge in [-0.3, -0.25) is 4.79 Å². The van der Waals surface area contributed by atoms with Crippen molar-refractivity contribution in [2.24, 2.45) is 11.5 Å². The number of carbonyl (C=O) groups excluding carboxylic acids is 1. The SMILES string of the molecule is NC(=O)[C@@H](N)Cc1ccco1. The number of furan rings is 1. The highest BCUT2D eigenvalue weighted by atomic mass is 16.3. The molecule has 0 fully saturated rings. The van der Waals surface area contributed by atoms with Gasteiger partial charge in [-0.1, -0.05) is 0 Å². The van der Waals surface area contributed by atoms with Crippen molar-refractivity contribution in [3.05, 3.63) is 24.2 Å². The van der Waals surface area contributed by atoms with E-state index >= 15 is 0 Å². The van der Waals surface area contributed by atoms with E-state index in [1.54, 1.807) is 12.1 Å². The molecule has 11 heavy (non-hydrogen) atoms. The first-order valence-electron chi connectivity index (χ1n) is 3.27. The fourth-order valence-corrected chi connectivity index (χ4v) is 0.746. The average molecular weight is 154 g/mol.